The summed E-state index contributed by atoms with van der Waals surface area (Å²) in [6.45, 7) is 3.44. The highest BCUT2D eigenvalue weighted by molar-refractivity contribution is 5.55. The number of aromatic nitrogens is 4. The topological polar surface area (TPSA) is 75.6 Å². The van der Waals surface area contributed by atoms with Crippen molar-refractivity contribution in [3.8, 4) is 11.5 Å². The number of nitrogens with zero attached hydrogens (tertiary/aromatic N) is 4. The summed E-state index contributed by atoms with van der Waals surface area (Å²) in [6.07, 6.45) is -7.32. The summed E-state index contributed by atoms with van der Waals surface area (Å²) in [7, 11) is 0. The number of rotatable bonds is 6. The lowest BCUT2D eigenvalue weighted by atomic mass is 10.1. The first kappa shape index (κ1) is 24.4. The fraction of sp³-hybridized carbons (Fsp3) is 0.304. The van der Waals surface area contributed by atoms with E-state index >= 15 is 0 Å². The van der Waals surface area contributed by atoms with Crippen LogP contribution in [0.2, 0.25) is 0 Å². The van der Waals surface area contributed by atoms with Crippen LogP contribution < -0.4 is 10.6 Å². The second kappa shape index (κ2) is 9.16. The lowest BCUT2D eigenvalue weighted by Crippen LogP contribution is -2.14. The van der Waals surface area contributed by atoms with Crippen LogP contribution >= 0.6 is 0 Å². The van der Waals surface area contributed by atoms with Gasteiger partial charge in [-0.2, -0.15) is 41.3 Å². The zero-order valence-electron chi connectivity index (χ0n) is 18.6. The van der Waals surface area contributed by atoms with E-state index in [1.807, 2.05) is 6.92 Å². The van der Waals surface area contributed by atoms with E-state index in [9.17, 15) is 26.3 Å². The first-order chi connectivity index (χ1) is 16.4. The Labute approximate surface area is 196 Å². The van der Waals surface area contributed by atoms with Crippen molar-refractivity contribution >= 4 is 11.9 Å². The zero-order chi connectivity index (χ0) is 25.4. The van der Waals surface area contributed by atoms with Gasteiger partial charge in [0.05, 0.1) is 11.6 Å². The van der Waals surface area contributed by atoms with Crippen LogP contribution in [0.25, 0.3) is 11.5 Å². The van der Waals surface area contributed by atoms with E-state index in [0.717, 1.165) is 42.3 Å². The fourth-order valence-corrected chi connectivity index (χ4v) is 3.28. The Hall–Kier alpha value is -3.70. The van der Waals surface area contributed by atoms with Crippen molar-refractivity contribution < 1.29 is 26.3 Å². The summed E-state index contributed by atoms with van der Waals surface area (Å²) in [6, 6.07) is 7.49. The number of pyridine rings is 1. The van der Waals surface area contributed by atoms with E-state index in [4.69, 9.17) is 0 Å². The predicted molar refractivity (Wildman–Crippen MR) is 117 cm³/mol. The second-order valence-electron chi connectivity index (χ2n) is 8.05. The van der Waals surface area contributed by atoms with Crippen LogP contribution in [-0.2, 0) is 12.4 Å². The maximum atomic E-state index is 13.2. The molecular weight excluding hydrogens is 474 g/mol. The largest absolute Gasteiger partial charge is 0.433 e. The second-order valence-corrected chi connectivity index (χ2v) is 8.05. The molecule has 0 bridgehead atoms. The third kappa shape index (κ3) is 6.06. The molecule has 1 fully saturated rings. The summed E-state index contributed by atoms with van der Waals surface area (Å²) in [5.74, 6) is -0.0824. The Bertz CT molecular complexity index is 1260. The van der Waals surface area contributed by atoms with Gasteiger partial charge in [0.25, 0.3) is 0 Å². The summed E-state index contributed by atoms with van der Waals surface area (Å²) in [4.78, 5) is 16.3. The SMILES string of the molecule is CC(Nc1nc(NC(C)c2cccc(C(F)(F)F)c2)nc(-c2cccc(C(F)(F)F)n2)n1)=C1CC1. The highest BCUT2D eigenvalue weighted by Crippen LogP contribution is 2.33. The van der Waals surface area contributed by atoms with E-state index in [1.165, 1.54) is 24.3 Å². The zero-order valence-corrected chi connectivity index (χ0v) is 18.6. The Morgan fingerprint density at radius 2 is 1.54 bits per heavy atom. The van der Waals surface area contributed by atoms with E-state index < -0.39 is 29.7 Å². The Balaban J connectivity index is 1.69. The van der Waals surface area contributed by atoms with Crippen LogP contribution in [0.1, 0.15) is 49.6 Å². The first-order valence-electron chi connectivity index (χ1n) is 10.6. The highest BCUT2D eigenvalue weighted by atomic mass is 19.4. The average molecular weight is 494 g/mol. The van der Waals surface area contributed by atoms with Gasteiger partial charge in [-0.05, 0) is 56.5 Å². The number of hydrogen-bond donors (Lipinski definition) is 2. The highest BCUT2D eigenvalue weighted by Gasteiger charge is 2.33. The first-order valence-corrected chi connectivity index (χ1v) is 10.6. The number of halogens is 6. The molecule has 1 unspecified atom stereocenters. The van der Waals surface area contributed by atoms with Crippen molar-refractivity contribution in [2.24, 2.45) is 0 Å². The molecule has 0 spiro atoms. The molecule has 2 aromatic heterocycles. The fourth-order valence-electron chi connectivity index (χ4n) is 3.28. The number of alkyl halides is 6. The van der Waals surface area contributed by atoms with Crippen molar-refractivity contribution in [1.29, 1.82) is 0 Å². The maximum absolute atomic E-state index is 13.2. The van der Waals surface area contributed by atoms with Gasteiger partial charge in [0.15, 0.2) is 5.82 Å². The van der Waals surface area contributed by atoms with Gasteiger partial charge < -0.3 is 10.6 Å². The molecular formula is C23H20F6N6. The van der Waals surface area contributed by atoms with Crippen LogP contribution in [-0.4, -0.2) is 19.9 Å². The molecule has 12 heteroatoms. The number of nitrogens with one attached hydrogen (secondary N) is 2. The lowest BCUT2D eigenvalue weighted by molar-refractivity contribution is -0.141. The molecule has 0 radical (unpaired) electrons. The predicted octanol–water partition coefficient (Wildman–Crippen LogP) is 6.62. The van der Waals surface area contributed by atoms with E-state index in [1.54, 1.807) is 6.92 Å². The smallest absolute Gasteiger partial charge is 0.348 e. The Morgan fingerprint density at radius 3 is 2.20 bits per heavy atom. The summed E-state index contributed by atoms with van der Waals surface area (Å²) >= 11 is 0. The van der Waals surface area contributed by atoms with E-state index in [-0.39, 0.29) is 23.4 Å². The van der Waals surface area contributed by atoms with Crippen molar-refractivity contribution in [2.75, 3.05) is 10.6 Å². The number of benzene rings is 1. The van der Waals surface area contributed by atoms with Crippen molar-refractivity contribution in [3.63, 3.8) is 0 Å². The monoisotopic (exact) mass is 494 g/mol. The molecule has 2 N–H and O–H groups in total. The molecule has 0 amide bonds. The molecule has 0 aliphatic heterocycles. The number of anilines is 2. The Morgan fingerprint density at radius 1 is 0.857 bits per heavy atom. The van der Waals surface area contributed by atoms with E-state index in [2.05, 4.69) is 30.6 Å². The van der Waals surface area contributed by atoms with Gasteiger partial charge in [-0.15, -0.1) is 0 Å². The maximum Gasteiger partial charge on any atom is 0.433 e. The minimum Gasteiger partial charge on any atom is -0.348 e. The van der Waals surface area contributed by atoms with Gasteiger partial charge in [-0.1, -0.05) is 23.8 Å². The van der Waals surface area contributed by atoms with E-state index in [0.29, 0.717) is 5.56 Å². The third-order valence-electron chi connectivity index (χ3n) is 5.29. The van der Waals surface area contributed by atoms with Crippen LogP contribution in [0.3, 0.4) is 0 Å². The van der Waals surface area contributed by atoms with Gasteiger partial charge in [0.2, 0.25) is 11.9 Å². The minimum absolute atomic E-state index is 0.0322. The quantitative estimate of drug-likeness (QED) is 0.375. The molecule has 1 aliphatic rings. The molecule has 1 aliphatic carbocycles. The normalized spacial score (nSPS) is 14.5. The van der Waals surface area contributed by atoms with Gasteiger partial charge in [-0.3, -0.25) is 0 Å². The van der Waals surface area contributed by atoms with Crippen molar-refractivity contribution in [3.05, 3.63) is 70.6 Å². The van der Waals surface area contributed by atoms with Crippen molar-refractivity contribution in [1.82, 2.24) is 19.9 Å². The van der Waals surface area contributed by atoms with Gasteiger partial charge in [-0.25, -0.2) is 4.98 Å². The molecule has 4 rings (SSSR count). The molecule has 184 valence electrons. The van der Waals surface area contributed by atoms with Gasteiger partial charge in [0.1, 0.15) is 11.4 Å². The van der Waals surface area contributed by atoms with Gasteiger partial charge >= 0.3 is 12.4 Å². The average Bonchev–Trinajstić information content (AvgIpc) is 3.64. The summed E-state index contributed by atoms with van der Waals surface area (Å²) in [5, 5.41) is 5.93. The third-order valence-corrected chi connectivity index (χ3v) is 5.29. The minimum atomic E-state index is -4.66. The summed E-state index contributed by atoms with van der Waals surface area (Å²) in [5.41, 5.74) is 0.267. The van der Waals surface area contributed by atoms with Crippen LogP contribution in [0.15, 0.2) is 53.7 Å². The molecule has 0 saturated heterocycles. The lowest BCUT2D eigenvalue weighted by Gasteiger charge is -2.17. The van der Waals surface area contributed by atoms with Gasteiger partial charge in [0, 0.05) is 5.70 Å². The number of hydrogen-bond acceptors (Lipinski definition) is 6. The standard InChI is InChI=1S/C23H20F6N6/c1-12(14-9-10-14)30-20-33-19(17-7-4-8-18(32-17)23(27,28)29)34-21(35-20)31-13(2)15-5-3-6-16(11-15)22(24,25)26/h3-8,11,13H,9-10H2,1-2H3,(H2,30,31,33,34,35). The van der Waals surface area contributed by atoms with Crippen molar-refractivity contribution in [2.45, 2.75) is 45.1 Å². The molecule has 1 saturated carbocycles. The molecule has 35 heavy (non-hydrogen) atoms. The number of allylic oxidation sites excluding steroid dienone is 2. The molecule has 2 heterocycles. The molecule has 1 atom stereocenters. The summed E-state index contributed by atoms with van der Waals surface area (Å²) < 4.78 is 78.8. The molecule has 6 nitrogen and oxygen atoms in total. The van der Waals surface area contributed by atoms with Crippen LogP contribution in [0.5, 0.6) is 0 Å². The Kier molecular flexibility index (Phi) is 6.39. The molecule has 1 aromatic carbocycles. The molecule has 3 aromatic rings. The van der Waals surface area contributed by atoms with Crippen LogP contribution in [0.4, 0.5) is 38.2 Å². The van der Waals surface area contributed by atoms with Crippen LogP contribution in [0, 0.1) is 0 Å².